The molecule has 0 aromatic heterocycles. The van der Waals surface area contributed by atoms with Crippen LogP contribution in [0.3, 0.4) is 0 Å². The highest BCUT2D eigenvalue weighted by molar-refractivity contribution is 5.84. The van der Waals surface area contributed by atoms with Crippen molar-refractivity contribution in [1.82, 2.24) is 5.32 Å². The van der Waals surface area contributed by atoms with Crippen molar-refractivity contribution in [2.75, 3.05) is 0 Å². The molecule has 2 N–H and O–H groups in total. The smallest absolute Gasteiger partial charge is 0.192 e. The number of hydrogen-bond acceptors (Lipinski definition) is 2. The summed E-state index contributed by atoms with van der Waals surface area (Å²) in [6.45, 7) is 7.80. The Morgan fingerprint density at radius 3 is 2.31 bits per heavy atom. The van der Waals surface area contributed by atoms with Crippen LogP contribution >= 0.6 is 0 Å². The SMILES string of the molecule is C=C1NC(O)=C(C)C(c2ccccc2)=C1C. The average molecular weight is 213 g/mol. The molecule has 1 aromatic carbocycles. The first-order valence-electron chi connectivity index (χ1n) is 5.24. The molecule has 0 atom stereocenters. The Balaban J connectivity index is 2.62. The molecule has 0 saturated heterocycles. The van der Waals surface area contributed by atoms with Crippen LogP contribution in [-0.4, -0.2) is 5.11 Å². The largest absolute Gasteiger partial charge is 0.494 e. The molecular formula is C14H15NO. The molecule has 0 radical (unpaired) electrons. The maximum atomic E-state index is 9.77. The maximum Gasteiger partial charge on any atom is 0.192 e. The highest BCUT2D eigenvalue weighted by atomic mass is 16.3. The number of aliphatic hydroxyl groups is 1. The summed E-state index contributed by atoms with van der Waals surface area (Å²) in [5.74, 6) is 0.189. The van der Waals surface area contributed by atoms with Crippen molar-refractivity contribution >= 4 is 5.57 Å². The van der Waals surface area contributed by atoms with Gasteiger partial charge in [-0.3, -0.25) is 0 Å². The highest BCUT2D eigenvalue weighted by Crippen LogP contribution is 2.33. The lowest BCUT2D eigenvalue weighted by atomic mass is 9.91. The van der Waals surface area contributed by atoms with Gasteiger partial charge in [-0.25, -0.2) is 0 Å². The van der Waals surface area contributed by atoms with Gasteiger partial charge in [-0.15, -0.1) is 0 Å². The molecule has 2 rings (SSSR count). The summed E-state index contributed by atoms with van der Waals surface area (Å²) in [6.07, 6.45) is 0. The molecule has 0 spiro atoms. The number of hydrogen-bond donors (Lipinski definition) is 2. The number of dihydropyridines is 1. The zero-order chi connectivity index (χ0) is 11.7. The second-order valence-corrected chi connectivity index (χ2v) is 3.94. The lowest BCUT2D eigenvalue weighted by molar-refractivity contribution is 0.372. The van der Waals surface area contributed by atoms with E-state index in [2.05, 4.69) is 11.9 Å². The van der Waals surface area contributed by atoms with E-state index in [0.717, 1.165) is 28.0 Å². The first-order chi connectivity index (χ1) is 7.61. The van der Waals surface area contributed by atoms with Crippen LogP contribution in [0, 0.1) is 0 Å². The molecule has 16 heavy (non-hydrogen) atoms. The molecule has 1 aliphatic rings. The molecule has 1 aliphatic heterocycles. The Hall–Kier alpha value is -1.96. The van der Waals surface area contributed by atoms with Crippen molar-refractivity contribution in [1.29, 1.82) is 0 Å². The van der Waals surface area contributed by atoms with Crippen molar-refractivity contribution in [2.45, 2.75) is 13.8 Å². The fourth-order valence-electron chi connectivity index (χ4n) is 1.92. The average Bonchev–Trinajstić information content (AvgIpc) is 2.28. The van der Waals surface area contributed by atoms with E-state index >= 15 is 0 Å². The van der Waals surface area contributed by atoms with Crippen LogP contribution < -0.4 is 5.32 Å². The number of aliphatic hydroxyl groups excluding tert-OH is 1. The lowest BCUT2D eigenvalue weighted by Gasteiger charge is -2.23. The molecule has 0 amide bonds. The molecule has 0 bridgehead atoms. The van der Waals surface area contributed by atoms with E-state index in [-0.39, 0.29) is 5.88 Å². The molecule has 0 unspecified atom stereocenters. The van der Waals surface area contributed by atoms with Gasteiger partial charge in [-0.1, -0.05) is 36.9 Å². The van der Waals surface area contributed by atoms with Crippen LogP contribution in [0.15, 0.2) is 59.6 Å². The van der Waals surface area contributed by atoms with Gasteiger partial charge in [0.1, 0.15) is 0 Å². The molecule has 0 aliphatic carbocycles. The predicted octanol–water partition coefficient (Wildman–Crippen LogP) is 3.37. The number of allylic oxidation sites excluding steroid dienone is 3. The lowest BCUT2D eigenvalue weighted by Crippen LogP contribution is -2.20. The molecule has 82 valence electrons. The Morgan fingerprint density at radius 2 is 1.69 bits per heavy atom. The van der Waals surface area contributed by atoms with Crippen LogP contribution in [-0.2, 0) is 0 Å². The van der Waals surface area contributed by atoms with Gasteiger partial charge in [0.15, 0.2) is 5.88 Å². The zero-order valence-corrected chi connectivity index (χ0v) is 9.54. The van der Waals surface area contributed by atoms with Crippen LogP contribution in [0.25, 0.3) is 5.57 Å². The minimum atomic E-state index is 0.189. The minimum Gasteiger partial charge on any atom is -0.494 e. The van der Waals surface area contributed by atoms with Gasteiger partial charge in [0.25, 0.3) is 0 Å². The summed E-state index contributed by atoms with van der Waals surface area (Å²) in [4.78, 5) is 0. The Bertz CT molecular complexity index is 495. The Kier molecular flexibility index (Phi) is 2.57. The van der Waals surface area contributed by atoms with Gasteiger partial charge < -0.3 is 10.4 Å². The van der Waals surface area contributed by atoms with Crippen LogP contribution in [0.1, 0.15) is 19.4 Å². The van der Waals surface area contributed by atoms with Crippen LogP contribution in [0.2, 0.25) is 0 Å². The third-order valence-corrected chi connectivity index (χ3v) is 2.89. The van der Waals surface area contributed by atoms with Crippen LogP contribution in [0.4, 0.5) is 0 Å². The predicted molar refractivity (Wildman–Crippen MR) is 66.6 cm³/mol. The monoisotopic (exact) mass is 213 g/mol. The summed E-state index contributed by atoms with van der Waals surface area (Å²) in [7, 11) is 0. The minimum absolute atomic E-state index is 0.189. The fourth-order valence-corrected chi connectivity index (χ4v) is 1.92. The van der Waals surface area contributed by atoms with Crippen molar-refractivity contribution in [3.63, 3.8) is 0 Å². The van der Waals surface area contributed by atoms with E-state index < -0.39 is 0 Å². The summed E-state index contributed by atoms with van der Waals surface area (Å²) in [5, 5.41) is 12.6. The van der Waals surface area contributed by atoms with E-state index in [4.69, 9.17) is 0 Å². The Morgan fingerprint density at radius 1 is 1.06 bits per heavy atom. The van der Waals surface area contributed by atoms with Crippen LogP contribution in [0.5, 0.6) is 0 Å². The molecule has 0 saturated carbocycles. The van der Waals surface area contributed by atoms with Gasteiger partial charge in [-0.2, -0.15) is 0 Å². The molecule has 1 aromatic rings. The molecule has 2 nitrogen and oxygen atoms in total. The molecular weight excluding hydrogens is 198 g/mol. The van der Waals surface area contributed by atoms with Gasteiger partial charge in [0.2, 0.25) is 0 Å². The molecule has 1 heterocycles. The van der Waals surface area contributed by atoms with Crippen molar-refractivity contribution in [2.24, 2.45) is 0 Å². The summed E-state index contributed by atoms with van der Waals surface area (Å²) < 4.78 is 0. The third kappa shape index (κ3) is 1.63. The molecule has 0 fully saturated rings. The van der Waals surface area contributed by atoms with Crippen molar-refractivity contribution < 1.29 is 5.11 Å². The van der Waals surface area contributed by atoms with Gasteiger partial charge in [0.05, 0.1) is 0 Å². The second-order valence-electron chi connectivity index (χ2n) is 3.94. The number of nitrogens with one attached hydrogen (secondary N) is 1. The first-order valence-corrected chi connectivity index (χ1v) is 5.24. The fraction of sp³-hybridized carbons (Fsp3) is 0.143. The highest BCUT2D eigenvalue weighted by Gasteiger charge is 2.19. The number of benzene rings is 1. The van der Waals surface area contributed by atoms with Gasteiger partial charge >= 0.3 is 0 Å². The van der Waals surface area contributed by atoms with Gasteiger partial charge in [-0.05, 0) is 30.6 Å². The topological polar surface area (TPSA) is 32.3 Å². The quantitative estimate of drug-likeness (QED) is 0.749. The molecule has 2 heteroatoms. The van der Waals surface area contributed by atoms with E-state index in [1.807, 2.05) is 44.2 Å². The zero-order valence-electron chi connectivity index (χ0n) is 9.54. The van der Waals surface area contributed by atoms with E-state index in [1.165, 1.54) is 0 Å². The third-order valence-electron chi connectivity index (χ3n) is 2.89. The first kappa shape index (κ1) is 10.6. The van der Waals surface area contributed by atoms with E-state index in [0.29, 0.717) is 0 Å². The summed E-state index contributed by atoms with van der Waals surface area (Å²) in [6, 6.07) is 10.0. The maximum absolute atomic E-state index is 9.77. The van der Waals surface area contributed by atoms with Gasteiger partial charge in [0, 0.05) is 11.3 Å². The van der Waals surface area contributed by atoms with E-state index in [9.17, 15) is 5.11 Å². The van der Waals surface area contributed by atoms with E-state index in [1.54, 1.807) is 0 Å². The Labute approximate surface area is 95.6 Å². The summed E-state index contributed by atoms with van der Waals surface area (Å²) in [5.41, 5.74) is 4.84. The normalized spacial score (nSPS) is 16.5. The second kappa shape index (κ2) is 3.89. The van der Waals surface area contributed by atoms with Crippen molar-refractivity contribution in [3.05, 3.63) is 65.2 Å². The number of rotatable bonds is 1. The standard InChI is InChI=1S/C14H15NO/c1-9-11(3)15-14(16)10(2)13(9)12-7-5-4-6-8-12/h4-8,15-16H,3H2,1-2H3. The van der Waals surface area contributed by atoms with Crippen molar-refractivity contribution in [3.8, 4) is 0 Å². The summed E-state index contributed by atoms with van der Waals surface area (Å²) >= 11 is 0.